The Bertz CT molecular complexity index is 2230. The van der Waals surface area contributed by atoms with Crippen LogP contribution in [0.15, 0.2) is 188 Å². The zero-order valence-electron chi connectivity index (χ0n) is 28.9. The molecule has 8 rings (SSSR count). The van der Waals surface area contributed by atoms with Crippen LogP contribution in [0.25, 0.3) is 21.5 Å². The van der Waals surface area contributed by atoms with Crippen LogP contribution >= 0.6 is 0 Å². The van der Waals surface area contributed by atoms with Crippen molar-refractivity contribution in [3.63, 3.8) is 0 Å². The maximum atomic E-state index is 3.47. The molecule has 0 saturated heterocycles. The zero-order chi connectivity index (χ0) is 34.5. The summed E-state index contributed by atoms with van der Waals surface area (Å²) < 4.78 is 0. The summed E-state index contributed by atoms with van der Waals surface area (Å²) in [6, 6.07) is 65.0. The van der Waals surface area contributed by atoms with Crippen LogP contribution in [0.5, 0.6) is 0 Å². The molecule has 246 valence electrons. The highest BCUT2D eigenvalue weighted by atomic mass is 14.9. The topological polar surface area (TPSA) is 36.1 Å². The average molecular weight is 650 g/mol. The van der Waals surface area contributed by atoms with E-state index in [-0.39, 0.29) is 0 Å². The molecular weight excluding hydrogens is 607 g/mol. The molecule has 0 saturated carbocycles. The maximum absolute atomic E-state index is 3.47. The molecule has 3 heteroatoms. The fraction of sp³-hybridized carbons (Fsp3) is 0.0638. The summed E-state index contributed by atoms with van der Waals surface area (Å²) >= 11 is 0. The highest BCUT2D eigenvalue weighted by molar-refractivity contribution is 5.95. The predicted molar refractivity (Wildman–Crippen MR) is 218 cm³/mol. The Labute approximate surface area is 296 Å². The van der Waals surface area contributed by atoms with Crippen molar-refractivity contribution in [3.05, 3.63) is 205 Å². The van der Waals surface area contributed by atoms with Gasteiger partial charge in [-0.1, -0.05) is 138 Å². The van der Waals surface area contributed by atoms with Crippen LogP contribution < -0.4 is 16.0 Å². The van der Waals surface area contributed by atoms with Gasteiger partial charge in [0.2, 0.25) is 0 Å². The van der Waals surface area contributed by atoms with Gasteiger partial charge in [0.25, 0.3) is 0 Å². The van der Waals surface area contributed by atoms with Gasteiger partial charge in [0.1, 0.15) is 0 Å². The molecule has 0 aliphatic heterocycles. The molecule has 50 heavy (non-hydrogen) atoms. The SMILES string of the molecule is Cc1ccc(Nc2ccc3ccccc3c2)cc1.Cc1ccc(Nc2cccc3ccccc23)cc1.Cc1ccc(Nc2ccccc2)cc1. The van der Waals surface area contributed by atoms with E-state index in [4.69, 9.17) is 0 Å². The van der Waals surface area contributed by atoms with Crippen LogP contribution in [-0.2, 0) is 0 Å². The first-order valence-corrected chi connectivity index (χ1v) is 17.0. The summed E-state index contributed by atoms with van der Waals surface area (Å²) in [7, 11) is 0. The van der Waals surface area contributed by atoms with Gasteiger partial charge in [-0.25, -0.2) is 0 Å². The van der Waals surface area contributed by atoms with E-state index in [1.807, 2.05) is 18.2 Å². The molecule has 0 aliphatic rings. The fourth-order valence-electron chi connectivity index (χ4n) is 5.52. The zero-order valence-corrected chi connectivity index (χ0v) is 28.9. The van der Waals surface area contributed by atoms with Gasteiger partial charge in [-0.15, -0.1) is 0 Å². The smallest absolute Gasteiger partial charge is 0.0463 e. The Balaban J connectivity index is 0.000000131. The van der Waals surface area contributed by atoms with Crippen LogP contribution in [0, 0.1) is 20.8 Å². The van der Waals surface area contributed by atoms with Crippen LogP contribution in [0.2, 0.25) is 0 Å². The molecule has 0 atom stereocenters. The van der Waals surface area contributed by atoms with Crippen molar-refractivity contribution < 1.29 is 0 Å². The van der Waals surface area contributed by atoms with Crippen molar-refractivity contribution in [2.45, 2.75) is 20.8 Å². The molecule has 0 unspecified atom stereocenters. The van der Waals surface area contributed by atoms with Crippen molar-refractivity contribution in [1.29, 1.82) is 0 Å². The molecule has 0 fully saturated rings. The predicted octanol–water partition coefficient (Wildman–Crippen LogP) is 13.5. The molecule has 0 amide bonds. The lowest BCUT2D eigenvalue weighted by molar-refractivity contribution is 1.45. The van der Waals surface area contributed by atoms with Gasteiger partial charge in [-0.05, 0) is 104 Å². The van der Waals surface area contributed by atoms with E-state index in [1.54, 1.807) is 0 Å². The molecule has 8 aromatic rings. The molecule has 8 aromatic carbocycles. The van der Waals surface area contributed by atoms with E-state index in [2.05, 4.69) is 207 Å². The van der Waals surface area contributed by atoms with Gasteiger partial charge in [0.15, 0.2) is 0 Å². The monoisotopic (exact) mass is 649 g/mol. The largest absolute Gasteiger partial charge is 0.356 e. The molecule has 0 aliphatic carbocycles. The lowest BCUT2D eigenvalue weighted by Gasteiger charge is -2.10. The third-order valence-electron chi connectivity index (χ3n) is 8.32. The molecule has 0 heterocycles. The van der Waals surface area contributed by atoms with E-state index in [9.17, 15) is 0 Å². The Morgan fingerprint density at radius 1 is 0.280 bits per heavy atom. The van der Waals surface area contributed by atoms with Gasteiger partial charge < -0.3 is 16.0 Å². The standard InChI is InChI=1S/2C17H15N.C13H13N/c1-13-9-11-15(12-10-13)18-17-8-4-6-14-5-2-3-7-16(14)17;1-13-6-9-16(10-7-13)18-17-11-8-14-4-2-3-5-15(14)12-17;1-11-7-9-13(10-8-11)14-12-5-3-2-4-6-12/h2*2-12,18H,1H3;2-10,14H,1H3. The number of anilines is 6. The van der Waals surface area contributed by atoms with Gasteiger partial charge in [-0.3, -0.25) is 0 Å². The average Bonchev–Trinajstić information content (AvgIpc) is 3.16. The Kier molecular flexibility index (Phi) is 11.2. The number of nitrogens with one attached hydrogen (secondary N) is 3. The van der Waals surface area contributed by atoms with Crippen molar-refractivity contribution in [3.8, 4) is 0 Å². The minimum atomic E-state index is 1.12. The Morgan fingerprint density at radius 2 is 0.700 bits per heavy atom. The van der Waals surface area contributed by atoms with Crippen LogP contribution in [0.1, 0.15) is 16.7 Å². The Morgan fingerprint density at radius 3 is 1.30 bits per heavy atom. The highest BCUT2D eigenvalue weighted by Gasteiger charge is 2.01. The number of hydrogen-bond donors (Lipinski definition) is 3. The summed E-state index contributed by atoms with van der Waals surface area (Å²) in [5, 5.41) is 15.3. The lowest BCUT2D eigenvalue weighted by Crippen LogP contribution is -1.91. The molecule has 3 nitrogen and oxygen atoms in total. The summed E-state index contributed by atoms with van der Waals surface area (Å²) in [5.74, 6) is 0. The van der Waals surface area contributed by atoms with Crippen LogP contribution in [0.4, 0.5) is 34.1 Å². The van der Waals surface area contributed by atoms with E-state index in [0.717, 1.165) is 34.1 Å². The minimum Gasteiger partial charge on any atom is -0.356 e. The first-order valence-electron chi connectivity index (χ1n) is 17.0. The number of aryl methyl sites for hydroxylation is 3. The number of fused-ring (bicyclic) bond motifs is 2. The summed E-state index contributed by atoms with van der Waals surface area (Å²) in [6.45, 7) is 6.29. The van der Waals surface area contributed by atoms with Gasteiger partial charge in [0, 0.05) is 39.5 Å². The molecule has 0 spiro atoms. The summed E-state index contributed by atoms with van der Waals surface area (Å²) in [4.78, 5) is 0. The van der Waals surface area contributed by atoms with E-state index in [1.165, 1.54) is 38.2 Å². The maximum Gasteiger partial charge on any atom is 0.0463 e. The van der Waals surface area contributed by atoms with Gasteiger partial charge in [-0.2, -0.15) is 0 Å². The number of para-hydroxylation sites is 1. The number of hydrogen-bond acceptors (Lipinski definition) is 3. The summed E-state index contributed by atoms with van der Waals surface area (Å²) in [5.41, 5.74) is 10.6. The quantitative estimate of drug-likeness (QED) is 0.168. The van der Waals surface area contributed by atoms with E-state index >= 15 is 0 Å². The minimum absolute atomic E-state index is 1.12. The van der Waals surface area contributed by atoms with Gasteiger partial charge in [0.05, 0.1) is 0 Å². The second-order valence-electron chi connectivity index (χ2n) is 12.4. The van der Waals surface area contributed by atoms with Gasteiger partial charge >= 0.3 is 0 Å². The van der Waals surface area contributed by atoms with Crippen molar-refractivity contribution in [1.82, 2.24) is 0 Å². The van der Waals surface area contributed by atoms with E-state index in [0.29, 0.717) is 0 Å². The molecule has 0 radical (unpaired) electrons. The first-order chi connectivity index (χ1) is 24.5. The molecular formula is C47H43N3. The molecule has 3 N–H and O–H groups in total. The van der Waals surface area contributed by atoms with E-state index < -0.39 is 0 Å². The van der Waals surface area contributed by atoms with Crippen molar-refractivity contribution in [2.75, 3.05) is 16.0 Å². The normalized spacial score (nSPS) is 10.3. The molecule has 0 bridgehead atoms. The Hall–Kier alpha value is -6.32. The number of rotatable bonds is 6. The summed E-state index contributed by atoms with van der Waals surface area (Å²) in [6.07, 6.45) is 0. The van der Waals surface area contributed by atoms with Crippen LogP contribution in [0.3, 0.4) is 0 Å². The number of benzene rings is 8. The lowest BCUT2D eigenvalue weighted by atomic mass is 10.1. The highest BCUT2D eigenvalue weighted by Crippen LogP contribution is 2.26. The third kappa shape index (κ3) is 9.62. The van der Waals surface area contributed by atoms with Crippen molar-refractivity contribution in [2.24, 2.45) is 0 Å². The van der Waals surface area contributed by atoms with Crippen molar-refractivity contribution >= 4 is 55.7 Å². The fourth-order valence-corrected chi connectivity index (χ4v) is 5.52. The molecule has 0 aromatic heterocycles. The first kappa shape index (κ1) is 33.6. The third-order valence-corrected chi connectivity index (χ3v) is 8.32. The van der Waals surface area contributed by atoms with Crippen LogP contribution in [-0.4, -0.2) is 0 Å². The second-order valence-corrected chi connectivity index (χ2v) is 12.4. The second kappa shape index (κ2) is 16.7.